The van der Waals surface area contributed by atoms with Crippen molar-refractivity contribution in [3.8, 4) is 0 Å². The number of hydrogen-bond acceptors (Lipinski definition) is 8. The number of rotatable bonds is 7. The van der Waals surface area contributed by atoms with Crippen LogP contribution in [0.5, 0.6) is 0 Å². The van der Waals surface area contributed by atoms with E-state index in [2.05, 4.69) is 31.1 Å². The number of anilines is 3. The Morgan fingerprint density at radius 1 is 1.03 bits per heavy atom. The van der Waals surface area contributed by atoms with Gasteiger partial charge in [-0.05, 0) is 37.3 Å². The van der Waals surface area contributed by atoms with E-state index in [0.29, 0.717) is 10.6 Å². The summed E-state index contributed by atoms with van der Waals surface area (Å²) in [6.07, 6.45) is 1.15. The van der Waals surface area contributed by atoms with Crippen molar-refractivity contribution in [3.63, 3.8) is 0 Å². The molecule has 30 heavy (non-hydrogen) atoms. The number of hydrogen-bond donors (Lipinski definition) is 5. The van der Waals surface area contributed by atoms with Gasteiger partial charge in [0.1, 0.15) is 12.0 Å². The predicted octanol–water partition coefficient (Wildman–Crippen LogP) is 2.08. The van der Waals surface area contributed by atoms with Gasteiger partial charge in [0.25, 0.3) is 15.9 Å². The topological polar surface area (TPSA) is 151 Å². The number of nitrogens with two attached hydrogens (primary N) is 1. The number of halogens is 1. The lowest BCUT2D eigenvalue weighted by atomic mass is 10.2. The molecule has 0 aliphatic heterocycles. The van der Waals surface area contributed by atoms with Crippen molar-refractivity contribution >= 4 is 44.9 Å². The quantitative estimate of drug-likeness (QED) is 0.345. The summed E-state index contributed by atoms with van der Waals surface area (Å²) in [5.41, 5.74) is 14.6. The number of amides is 1. The Hall–Kier alpha value is -3.41. The first kappa shape index (κ1) is 21.3. The largest absolute Gasteiger partial charge is 0.393 e. The van der Waals surface area contributed by atoms with Gasteiger partial charge in [0, 0.05) is 10.6 Å². The molecule has 3 rings (SSSR count). The van der Waals surface area contributed by atoms with Gasteiger partial charge in [-0.3, -0.25) is 21.1 Å². The fourth-order valence-electron chi connectivity index (χ4n) is 2.30. The Bertz CT molecular complexity index is 1170. The van der Waals surface area contributed by atoms with Gasteiger partial charge in [0.2, 0.25) is 0 Å². The number of aromatic nitrogens is 2. The van der Waals surface area contributed by atoms with E-state index in [1.54, 1.807) is 30.3 Å². The summed E-state index contributed by atoms with van der Waals surface area (Å²) >= 11 is 5.87. The molecule has 3 aromatic rings. The standard InChI is InChI=1S/C18H18ClN7O3S/c1-11-5-7-14(8-6-11)30(28,29)26-24-17-15(20)16(21-10-22-17)23-25-18(27)12-3-2-4-13(19)9-12/h2-10,26H,20H2,1H3,(H,25,27)(H2,21,22,23,24). The van der Waals surface area contributed by atoms with Crippen LogP contribution in [0.1, 0.15) is 15.9 Å². The van der Waals surface area contributed by atoms with Gasteiger partial charge in [-0.1, -0.05) is 35.4 Å². The van der Waals surface area contributed by atoms with E-state index in [1.807, 2.05) is 6.92 Å². The highest BCUT2D eigenvalue weighted by atomic mass is 35.5. The number of carbonyl (C=O) groups is 1. The Kier molecular flexibility index (Phi) is 6.35. The molecule has 1 amide bonds. The second kappa shape index (κ2) is 8.95. The first-order chi connectivity index (χ1) is 14.3. The number of carbonyl (C=O) groups excluding carboxylic acids is 1. The minimum absolute atomic E-state index is 0.000177. The number of sulfonamides is 1. The molecule has 6 N–H and O–H groups in total. The fourth-order valence-corrected chi connectivity index (χ4v) is 3.34. The average molecular weight is 448 g/mol. The zero-order valence-corrected chi connectivity index (χ0v) is 17.3. The molecule has 156 valence electrons. The normalized spacial score (nSPS) is 11.0. The summed E-state index contributed by atoms with van der Waals surface area (Å²) < 4.78 is 24.7. The minimum Gasteiger partial charge on any atom is -0.393 e. The van der Waals surface area contributed by atoms with Gasteiger partial charge in [-0.15, -0.1) is 4.83 Å². The van der Waals surface area contributed by atoms with E-state index in [1.165, 1.54) is 18.2 Å². The zero-order valence-electron chi connectivity index (χ0n) is 15.7. The summed E-state index contributed by atoms with van der Waals surface area (Å²) in [5, 5.41) is 0.413. The fraction of sp³-hybridized carbons (Fsp3) is 0.0556. The van der Waals surface area contributed by atoms with Gasteiger partial charge >= 0.3 is 0 Å². The third-order valence-corrected chi connectivity index (χ3v) is 5.40. The lowest BCUT2D eigenvalue weighted by Gasteiger charge is -2.14. The highest BCUT2D eigenvalue weighted by Gasteiger charge is 2.16. The van der Waals surface area contributed by atoms with Crippen LogP contribution in [0.2, 0.25) is 5.02 Å². The number of nitrogens with zero attached hydrogens (tertiary/aromatic N) is 2. The SMILES string of the molecule is Cc1ccc(S(=O)(=O)NNc2ncnc(NNC(=O)c3cccc(Cl)c3)c2N)cc1. The van der Waals surface area contributed by atoms with Crippen LogP contribution in [0.3, 0.4) is 0 Å². The number of nitrogen functional groups attached to an aromatic ring is 1. The molecule has 0 radical (unpaired) electrons. The Balaban J connectivity index is 1.67. The maximum Gasteiger partial charge on any atom is 0.269 e. The molecule has 2 aromatic carbocycles. The lowest BCUT2D eigenvalue weighted by Crippen LogP contribution is -2.32. The molecule has 0 bridgehead atoms. The Morgan fingerprint density at radius 2 is 1.70 bits per heavy atom. The first-order valence-corrected chi connectivity index (χ1v) is 10.4. The molecular weight excluding hydrogens is 430 g/mol. The van der Waals surface area contributed by atoms with Crippen LogP contribution < -0.4 is 26.8 Å². The summed E-state index contributed by atoms with van der Waals surface area (Å²) in [6.45, 7) is 1.85. The second-order valence-electron chi connectivity index (χ2n) is 6.12. The molecule has 0 fully saturated rings. The van der Waals surface area contributed by atoms with E-state index < -0.39 is 15.9 Å². The van der Waals surface area contributed by atoms with Gasteiger partial charge in [-0.2, -0.15) is 0 Å². The van der Waals surface area contributed by atoms with E-state index in [-0.39, 0.29) is 22.2 Å². The molecule has 0 aliphatic carbocycles. The van der Waals surface area contributed by atoms with E-state index in [9.17, 15) is 13.2 Å². The van der Waals surface area contributed by atoms with Crippen molar-refractivity contribution in [2.75, 3.05) is 16.6 Å². The van der Waals surface area contributed by atoms with Crippen molar-refractivity contribution in [1.82, 2.24) is 20.2 Å². The van der Waals surface area contributed by atoms with Crippen LogP contribution in [0, 0.1) is 6.92 Å². The summed E-state index contributed by atoms with van der Waals surface area (Å²) in [6, 6.07) is 12.7. The van der Waals surface area contributed by atoms with E-state index in [0.717, 1.165) is 11.9 Å². The molecular formula is C18H18ClN7O3S. The Labute approximate surface area is 177 Å². The van der Waals surface area contributed by atoms with Crippen LogP contribution in [-0.4, -0.2) is 24.3 Å². The maximum atomic E-state index is 12.4. The van der Waals surface area contributed by atoms with Gasteiger partial charge in [-0.25, -0.2) is 18.4 Å². The van der Waals surface area contributed by atoms with Crippen molar-refractivity contribution in [3.05, 3.63) is 71.0 Å². The number of aryl methyl sites for hydroxylation is 1. The molecule has 0 aliphatic rings. The number of hydrazine groups is 2. The molecule has 0 spiro atoms. The van der Waals surface area contributed by atoms with E-state index in [4.69, 9.17) is 17.3 Å². The molecule has 1 heterocycles. The van der Waals surface area contributed by atoms with Crippen LogP contribution in [0.25, 0.3) is 0 Å². The monoisotopic (exact) mass is 447 g/mol. The summed E-state index contributed by atoms with van der Waals surface area (Å²) in [7, 11) is -3.85. The molecule has 0 saturated heterocycles. The van der Waals surface area contributed by atoms with Gasteiger partial charge in [0.05, 0.1) is 4.90 Å². The maximum absolute atomic E-state index is 12.4. The first-order valence-electron chi connectivity index (χ1n) is 8.53. The van der Waals surface area contributed by atoms with Gasteiger partial charge < -0.3 is 5.73 Å². The molecule has 0 atom stereocenters. The average Bonchev–Trinajstić information content (AvgIpc) is 2.72. The highest BCUT2D eigenvalue weighted by Crippen LogP contribution is 2.21. The van der Waals surface area contributed by atoms with Crippen LogP contribution in [0.15, 0.2) is 59.8 Å². The summed E-state index contributed by atoms with van der Waals surface area (Å²) in [5.74, 6) is -0.400. The van der Waals surface area contributed by atoms with Crippen LogP contribution >= 0.6 is 11.6 Å². The molecule has 1 aromatic heterocycles. The van der Waals surface area contributed by atoms with Crippen LogP contribution in [0.4, 0.5) is 17.3 Å². The van der Waals surface area contributed by atoms with E-state index >= 15 is 0 Å². The third kappa shape index (κ3) is 5.14. The minimum atomic E-state index is -3.85. The number of benzene rings is 2. The predicted molar refractivity (Wildman–Crippen MR) is 114 cm³/mol. The van der Waals surface area contributed by atoms with Gasteiger partial charge in [0.15, 0.2) is 11.6 Å². The molecule has 0 saturated carbocycles. The lowest BCUT2D eigenvalue weighted by molar-refractivity contribution is 0.0962. The highest BCUT2D eigenvalue weighted by molar-refractivity contribution is 7.89. The van der Waals surface area contributed by atoms with Crippen molar-refractivity contribution in [1.29, 1.82) is 0 Å². The molecule has 12 heteroatoms. The summed E-state index contributed by atoms with van der Waals surface area (Å²) in [4.78, 5) is 22.3. The van der Waals surface area contributed by atoms with Crippen LogP contribution in [-0.2, 0) is 10.0 Å². The zero-order chi connectivity index (χ0) is 21.7. The smallest absolute Gasteiger partial charge is 0.269 e. The molecule has 10 nitrogen and oxygen atoms in total. The van der Waals surface area contributed by atoms with Crippen molar-refractivity contribution in [2.24, 2.45) is 0 Å². The second-order valence-corrected chi connectivity index (χ2v) is 8.24. The van der Waals surface area contributed by atoms with Crippen molar-refractivity contribution < 1.29 is 13.2 Å². The number of nitrogens with one attached hydrogen (secondary N) is 4. The van der Waals surface area contributed by atoms with Crippen molar-refractivity contribution in [2.45, 2.75) is 11.8 Å². The third-order valence-electron chi connectivity index (χ3n) is 3.90. The Morgan fingerprint density at radius 3 is 2.37 bits per heavy atom. The molecule has 0 unspecified atom stereocenters.